The number of benzene rings is 1. The average Bonchev–Trinajstić information content (AvgIpc) is 2.03. The van der Waals surface area contributed by atoms with Crippen LogP contribution in [-0.2, 0) is 11.3 Å². The number of rotatable bonds is 3. The van der Waals surface area contributed by atoms with Gasteiger partial charge in [-0.05, 0) is 19.1 Å². The van der Waals surface area contributed by atoms with Crippen LogP contribution in [0, 0.1) is 0 Å². The van der Waals surface area contributed by atoms with Crippen LogP contribution in [0.1, 0.15) is 12.5 Å². The zero-order valence-corrected chi connectivity index (χ0v) is 7.77. The van der Waals surface area contributed by atoms with Gasteiger partial charge in [0.2, 0.25) is 0 Å². The minimum absolute atomic E-state index is 0.555. The summed E-state index contributed by atoms with van der Waals surface area (Å²) in [6.07, 6.45) is 0. The standard InChI is InChI=1S/C9H12ClNO/c1-2-12-6-7-3-4-8(10)5-9(7)11/h3-5H,2,6,11H2,1H3. The SMILES string of the molecule is CCOCc1ccc(Cl)cc1N. The van der Waals surface area contributed by atoms with E-state index >= 15 is 0 Å². The molecule has 1 aromatic rings. The fourth-order valence-corrected chi connectivity index (χ4v) is 1.09. The molecule has 0 saturated heterocycles. The largest absolute Gasteiger partial charge is 0.398 e. The Hall–Kier alpha value is -0.730. The summed E-state index contributed by atoms with van der Waals surface area (Å²) in [5.74, 6) is 0. The second kappa shape index (κ2) is 4.33. The van der Waals surface area contributed by atoms with Crippen molar-refractivity contribution in [1.82, 2.24) is 0 Å². The van der Waals surface area contributed by atoms with Crippen LogP contribution < -0.4 is 5.73 Å². The van der Waals surface area contributed by atoms with Gasteiger partial charge in [0.25, 0.3) is 0 Å². The fourth-order valence-electron chi connectivity index (χ4n) is 0.909. The summed E-state index contributed by atoms with van der Waals surface area (Å²) >= 11 is 5.73. The van der Waals surface area contributed by atoms with Gasteiger partial charge in [-0.2, -0.15) is 0 Å². The molecule has 0 fully saturated rings. The summed E-state index contributed by atoms with van der Waals surface area (Å²) in [5.41, 5.74) is 7.38. The van der Waals surface area contributed by atoms with Gasteiger partial charge in [0.15, 0.2) is 0 Å². The number of nitrogen functional groups attached to an aromatic ring is 1. The molecule has 0 spiro atoms. The summed E-state index contributed by atoms with van der Waals surface area (Å²) in [5, 5.41) is 0.660. The van der Waals surface area contributed by atoms with Gasteiger partial charge in [0.1, 0.15) is 0 Å². The van der Waals surface area contributed by atoms with Crippen molar-refractivity contribution in [3.63, 3.8) is 0 Å². The smallest absolute Gasteiger partial charge is 0.0736 e. The highest BCUT2D eigenvalue weighted by atomic mass is 35.5. The lowest BCUT2D eigenvalue weighted by Gasteiger charge is -2.05. The van der Waals surface area contributed by atoms with Crippen LogP contribution >= 0.6 is 11.6 Å². The highest BCUT2D eigenvalue weighted by Crippen LogP contribution is 2.18. The molecule has 0 heterocycles. The molecule has 12 heavy (non-hydrogen) atoms. The number of ether oxygens (including phenoxy) is 1. The molecule has 2 N–H and O–H groups in total. The van der Waals surface area contributed by atoms with E-state index in [0.717, 1.165) is 5.56 Å². The third-order valence-electron chi connectivity index (χ3n) is 1.57. The Morgan fingerprint density at radius 3 is 2.83 bits per heavy atom. The van der Waals surface area contributed by atoms with Crippen molar-refractivity contribution in [3.05, 3.63) is 28.8 Å². The Morgan fingerprint density at radius 1 is 1.50 bits per heavy atom. The third-order valence-corrected chi connectivity index (χ3v) is 1.80. The van der Waals surface area contributed by atoms with Crippen LogP contribution in [0.2, 0.25) is 5.02 Å². The van der Waals surface area contributed by atoms with Gasteiger partial charge in [-0.1, -0.05) is 17.7 Å². The zero-order valence-electron chi connectivity index (χ0n) is 7.01. The number of hydrogen-bond acceptors (Lipinski definition) is 2. The van der Waals surface area contributed by atoms with Crippen molar-refractivity contribution in [2.45, 2.75) is 13.5 Å². The minimum Gasteiger partial charge on any atom is -0.398 e. The van der Waals surface area contributed by atoms with Gasteiger partial charge in [-0.3, -0.25) is 0 Å². The first-order chi connectivity index (χ1) is 5.74. The van der Waals surface area contributed by atoms with Crippen LogP contribution in [-0.4, -0.2) is 6.61 Å². The van der Waals surface area contributed by atoms with E-state index in [9.17, 15) is 0 Å². The van der Waals surface area contributed by atoms with Gasteiger partial charge < -0.3 is 10.5 Å². The van der Waals surface area contributed by atoms with Crippen LogP contribution in [0.5, 0.6) is 0 Å². The summed E-state index contributed by atoms with van der Waals surface area (Å²) in [7, 11) is 0. The maximum absolute atomic E-state index is 5.73. The number of halogens is 1. The zero-order chi connectivity index (χ0) is 8.97. The monoisotopic (exact) mass is 185 g/mol. The molecule has 0 radical (unpaired) electrons. The number of hydrogen-bond donors (Lipinski definition) is 1. The van der Waals surface area contributed by atoms with Gasteiger partial charge in [-0.15, -0.1) is 0 Å². The molecule has 0 bridgehead atoms. The summed E-state index contributed by atoms with van der Waals surface area (Å²) in [4.78, 5) is 0. The fraction of sp³-hybridized carbons (Fsp3) is 0.333. The van der Waals surface area contributed by atoms with Gasteiger partial charge in [0, 0.05) is 22.9 Å². The molecule has 0 atom stereocenters. The van der Waals surface area contributed by atoms with E-state index in [1.54, 1.807) is 6.07 Å². The number of nitrogens with two attached hydrogens (primary N) is 1. The molecule has 1 aromatic carbocycles. The van der Waals surface area contributed by atoms with E-state index < -0.39 is 0 Å². The Morgan fingerprint density at radius 2 is 2.25 bits per heavy atom. The lowest BCUT2D eigenvalue weighted by molar-refractivity contribution is 0.134. The van der Waals surface area contributed by atoms with Crippen molar-refractivity contribution in [2.24, 2.45) is 0 Å². The van der Waals surface area contributed by atoms with E-state index in [1.165, 1.54) is 0 Å². The highest BCUT2D eigenvalue weighted by molar-refractivity contribution is 6.30. The lowest BCUT2D eigenvalue weighted by atomic mass is 10.2. The van der Waals surface area contributed by atoms with Crippen molar-refractivity contribution >= 4 is 17.3 Å². The molecule has 2 nitrogen and oxygen atoms in total. The summed E-state index contributed by atoms with van der Waals surface area (Å²) in [6.45, 7) is 3.20. The first-order valence-electron chi connectivity index (χ1n) is 3.85. The Kier molecular flexibility index (Phi) is 3.38. The predicted octanol–water partition coefficient (Wildman–Crippen LogP) is 2.46. The van der Waals surface area contributed by atoms with Crippen LogP contribution in [0.25, 0.3) is 0 Å². The first-order valence-corrected chi connectivity index (χ1v) is 4.23. The van der Waals surface area contributed by atoms with E-state index in [0.29, 0.717) is 23.9 Å². The van der Waals surface area contributed by atoms with Crippen LogP contribution in [0.3, 0.4) is 0 Å². The van der Waals surface area contributed by atoms with Gasteiger partial charge in [0.05, 0.1) is 6.61 Å². The second-order valence-electron chi connectivity index (χ2n) is 2.48. The molecular formula is C9H12ClNO. The molecule has 1 rings (SSSR count). The van der Waals surface area contributed by atoms with Crippen LogP contribution in [0.4, 0.5) is 5.69 Å². The molecule has 0 unspecified atom stereocenters. The van der Waals surface area contributed by atoms with E-state index in [-0.39, 0.29) is 0 Å². The van der Waals surface area contributed by atoms with Gasteiger partial charge in [-0.25, -0.2) is 0 Å². The van der Waals surface area contributed by atoms with Crippen molar-refractivity contribution in [2.75, 3.05) is 12.3 Å². The molecule has 0 aliphatic carbocycles. The lowest BCUT2D eigenvalue weighted by Crippen LogP contribution is -1.97. The molecule has 3 heteroatoms. The number of anilines is 1. The second-order valence-corrected chi connectivity index (χ2v) is 2.92. The predicted molar refractivity (Wildman–Crippen MR) is 51.2 cm³/mol. The normalized spacial score (nSPS) is 10.2. The van der Waals surface area contributed by atoms with Crippen molar-refractivity contribution < 1.29 is 4.74 Å². The van der Waals surface area contributed by atoms with E-state index in [2.05, 4.69) is 0 Å². The highest BCUT2D eigenvalue weighted by Gasteiger charge is 1.98. The molecule has 0 saturated carbocycles. The molecule has 0 amide bonds. The molecule has 0 aliphatic rings. The Balaban J connectivity index is 2.72. The van der Waals surface area contributed by atoms with Gasteiger partial charge >= 0.3 is 0 Å². The molecule has 0 aromatic heterocycles. The molecule has 0 aliphatic heterocycles. The molecule has 66 valence electrons. The van der Waals surface area contributed by atoms with E-state index in [1.807, 2.05) is 19.1 Å². The topological polar surface area (TPSA) is 35.2 Å². The van der Waals surface area contributed by atoms with E-state index in [4.69, 9.17) is 22.1 Å². The summed E-state index contributed by atoms with van der Waals surface area (Å²) < 4.78 is 5.22. The van der Waals surface area contributed by atoms with Crippen LogP contribution in [0.15, 0.2) is 18.2 Å². The molecular weight excluding hydrogens is 174 g/mol. The maximum Gasteiger partial charge on any atom is 0.0736 e. The first kappa shape index (κ1) is 9.36. The Labute approximate surface area is 77.3 Å². The minimum atomic E-state index is 0.555. The summed E-state index contributed by atoms with van der Waals surface area (Å²) in [6, 6.07) is 5.43. The average molecular weight is 186 g/mol. The van der Waals surface area contributed by atoms with Crippen molar-refractivity contribution in [3.8, 4) is 0 Å². The quantitative estimate of drug-likeness (QED) is 0.735. The van der Waals surface area contributed by atoms with Crippen molar-refractivity contribution in [1.29, 1.82) is 0 Å². The third kappa shape index (κ3) is 2.40. The maximum atomic E-state index is 5.73. The Bertz CT molecular complexity index is 263.